The first-order valence-electron chi connectivity index (χ1n) is 14.0. The molecule has 0 aromatic carbocycles. The SMILES string of the molecule is COC(=O)C(=O)C[C@@H](C)C1CC[C@@]2(C)C3CCC4C(C)(CC[C@H](OC(C)=O)C4(C)C)C3CC[C@]12C. The topological polar surface area (TPSA) is 69.7 Å². The van der Waals surface area contributed by atoms with Gasteiger partial charge in [0.2, 0.25) is 5.78 Å². The van der Waals surface area contributed by atoms with Gasteiger partial charge in [-0.15, -0.1) is 0 Å². The minimum absolute atomic E-state index is 0.00767. The number of hydrogen-bond donors (Lipinski definition) is 0. The van der Waals surface area contributed by atoms with Gasteiger partial charge in [-0.2, -0.15) is 0 Å². The van der Waals surface area contributed by atoms with Crippen molar-refractivity contribution in [1.29, 1.82) is 0 Å². The third-order valence-corrected chi connectivity index (χ3v) is 12.4. The molecule has 0 aliphatic heterocycles. The number of methoxy groups -OCH3 is 1. The summed E-state index contributed by atoms with van der Waals surface area (Å²) in [5.41, 5.74) is 0.718. The Hall–Kier alpha value is -1.39. The number of Topliss-reactive ketones (excluding diaryl/α,β-unsaturated/α-hetero) is 1. The summed E-state index contributed by atoms with van der Waals surface area (Å²) in [5, 5.41) is 0. The Bertz CT molecular complexity index is 878. The van der Waals surface area contributed by atoms with Gasteiger partial charge < -0.3 is 9.47 Å². The van der Waals surface area contributed by atoms with Crippen molar-refractivity contribution in [2.45, 2.75) is 112 Å². The molecule has 0 radical (unpaired) electrons. The van der Waals surface area contributed by atoms with Crippen LogP contribution >= 0.6 is 0 Å². The van der Waals surface area contributed by atoms with Crippen LogP contribution in [0.15, 0.2) is 0 Å². The summed E-state index contributed by atoms with van der Waals surface area (Å²) >= 11 is 0. The largest absolute Gasteiger partial charge is 0.463 e. The van der Waals surface area contributed by atoms with Crippen molar-refractivity contribution in [1.82, 2.24) is 0 Å². The minimum atomic E-state index is -0.704. The van der Waals surface area contributed by atoms with E-state index in [4.69, 9.17) is 4.74 Å². The molecular formula is C30H48O5. The lowest BCUT2D eigenvalue weighted by atomic mass is 9.38. The molecule has 198 valence electrons. The van der Waals surface area contributed by atoms with E-state index >= 15 is 0 Å². The Morgan fingerprint density at radius 2 is 1.51 bits per heavy atom. The van der Waals surface area contributed by atoms with Crippen LogP contribution in [0.1, 0.15) is 106 Å². The van der Waals surface area contributed by atoms with Crippen molar-refractivity contribution >= 4 is 17.7 Å². The van der Waals surface area contributed by atoms with Gasteiger partial charge in [-0.25, -0.2) is 4.79 Å². The molecule has 5 unspecified atom stereocenters. The predicted molar refractivity (Wildman–Crippen MR) is 135 cm³/mol. The summed E-state index contributed by atoms with van der Waals surface area (Å²) in [6.07, 6.45) is 9.66. The molecule has 4 aliphatic carbocycles. The Balaban J connectivity index is 1.57. The quantitative estimate of drug-likeness (QED) is 0.332. The van der Waals surface area contributed by atoms with E-state index in [2.05, 4.69) is 46.3 Å². The number of rotatable bonds is 5. The highest BCUT2D eigenvalue weighted by atomic mass is 16.5. The Kier molecular flexibility index (Phi) is 6.76. The standard InChI is InChI=1S/C30H48O5/c1-18(17-23(32)26(33)34-8)20-11-15-30(7)22-9-10-24-27(3,4)25(35-19(2)31)13-14-28(24,5)21(22)12-16-29(20,30)6/h18,20-22,24-25H,9-17H2,1-8H3/t18-,20?,21?,22?,24?,25+,28?,29-,30+/m1/s1. The third kappa shape index (κ3) is 3.89. The fourth-order valence-corrected chi connectivity index (χ4v) is 10.5. The molecule has 4 fully saturated rings. The molecule has 0 spiro atoms. The Morgan fingerprint density at radius 1 is 0.857 bits per heavy atom. The summed E-state index contributed by atoms with van der Waals surface area (Å²) in [5.74, 6) is 1.36. The van der Waals surface area contributed by atoms with Crippen LogP contribution < -0.4 is 0 Å². The summed E-state index contributed by atoms with van der Waals surface area (Å²) in [6.45, 7) is 16.0. The average molecular weight is 489 g/mol. The molecule has 0 amide bonds. The summed E-state index contributed by atoms with van der Waals surface area (Å²) in [6, 6.07) is 0. The number of hydrogen-bond acceptors (Lipinski definition) is 5. The van der Waals surface area contributed by atoms with Crippen LogP contribution in [-0.4, -0.2) is 30.9 Å². The number of carbonyl (C=O) groups is 3. The molecule has 0 aromatic rings. The zero-order valence-corrected chi connectivity index (χ0v) is 23.4. The zero-order chi connectivity index (χ0) is 26.0. The van der Waals surface area contributed by atoms with Crippen LogP contribution in [0.4, 0.5) is 0 Å². The van der Waals surface area contributed by atoms with Gasteiger partial charge >= 0.3 is 11.9 Å². The van der Waals surface area contributed by atoms with Crippen LogP contribution in [0.2, 0.25) is 0 Å². The lowest BCUT2D eigenvalue weighted by Crippen LogP contribution is -2.62. The van der Waals surface area contributed by atoms with E-state index in [1.807, 2.05) is 0 Å². The summed E-state index contributed by atoms with van der Waals surface area (Å²) in [7, 11) is 1.29. The molecule has 0 saturated heterocycles. The van der Waals surface area contributed by atoms with E-state index in [0.717, 1.165) is 19.3 Å². The van der Waals surface area contributed by atoms with E-state index in [0.29, 0.717) is 30.1 Å². The Labute approximate surface area is 212 Å². The molecule has 4 aliphatic rings. The van der Waals surface area contributed by atoms with Crippen LogP contribution in [0.25, 0.3) is 0 Å². The fraction of sp³-hybridized carbons (Fsp3) is 0.900. The van der Waals surface area contributed by atoms with Crippen molar-refractivity contribution in [3.05, 3.63) is 0 Å². The maximum atomic E-state index is 12.4. The molecule has 0 heterocycles. The van der Waals surface area contributed by atoms with Gasteiger partial charge in [0.25, 0.3) is 0 Å². The molecule has 0 bridgehead atoms. The average Bonchev–Trinajstić information content (AvgIpc) is 3.06. The lowest BCUT2D eigenvalue weighted by Gasteiger charge is -2.67. The number of ether oxygens (including phenoxy) is 2. The van der Waals surface area contributed by atoms with Crippen LogP contribution in [0, 0.1) is 51.2 Å². The highest BCUT2D eigenvalue weighted by Crippen LogP contribution is 2.74. The van der Waals surface area contributed by atoms with Crippen molar-refractivity contribution in [3.63, 3.8) is 0 Å². The van der Waals surface area contributed by atoms with Gasteiger partial charge in [0.15, 0.2) is 0 Å². The monoisotopic (exact) mass is 488 g/mol. The highest BCUT2D eigenvalue weighted by molar-refractivity contribution is 6.33. The highest BCUT2D eigenvalue weighted by Gasteiger charge is 2.67. The van der Waals surface area contributed by atoms with Crippen LogP contribution in [-0.2, 0) is 23.9 Å². The van der Waals surface area contributed by atoms with Crippen molar-refractivity contribution in [2.24, 2.45) is 51.2 Å². The summed E-state index contributed by atoms with van der Waals surface area (Å²) < 4.78 is 10.5. The number of carbonyl (C=O) groups excluding carboxylic acids is 3. The van der Waals surface area contributed by atoms with E-state index < -0.39 is 5.97 Å². The second kappa shape index (κ2) is 8.87. The molecule has 4 rings (SSSR count). The van der Waals surface area contributed by atoms with Gasteiger partial charge in [0.1, 0.15) is 6.10 Å². The van der Waals surface area contributed by atoms with Gasteiger partial charge in [0.05, 0.1) is 7.11 Å². The summed E-state index contributed by atoms with van der Waals surface area (Å²) in [4.78, 5) is 35.9. The van der Waals surface area contributed by atoms with Crippen LogP contribution in [0.5, 0.6) is 0 Å². The molecule has 5 heteroatoms. The molecule has 4 saturated carbocycles. The Morgan fingerprint density at radius 3 is 2.14 bits per heavy atom. The second-order valence-electron chi connectivity index (χ2n) is 13.9. The predicted octanol–water partition coefficient (Wildman–Crippen LogP) is 6.37. The van der Waals surface area contributed by atoms with Crippen molar-refractivity contribution in [3.8, 4) is 0 Å². The normalized spacial score (nSPS) is 44.9. The molecule has 5 nitrogen and oxygen atoms in total. The van der Waals surface area contributed by atoms with Gasteiger partial charge in [-0.1, -0.05) is 41.5 Å². The van der Waals surface area contributed by atoms with Crippen LogP contribution in [0.3, 0.4) is 0 Å². The third-order valence-electron chi connectivity index (χ3n) is 12.4. The maximum Gasteiger partial charge on any atom is 0.374 e. The molecule has 0 N–H and O–H groups in total. The van der Waals surface area contributed by atoms with Crippen molar-refractivity contribution in [2.75, 3.05) is 7.11 Å². The van der Waals surface area contributed by atoms with Crippen molar-refractivity contribution < 1.29 is 23.9 Å². The number of esters is 2. The van der Waals surface area contributed by atoms with Gasteiger partial charge in [-0.3, -0.25) is 9.59 Å². The van der Waals surface area contributed by atoms with Gasteiger partial charge in [0, 0.05) is 18.8 Å². The molecule has 9 atom stereocenters. The molecule has 35 heavy (non-hydrogen) atoms. The number of ketones is 1. The van der Waals surface area contributed by atoms with E-state index in [1.165, 1.54) is 39.2 Å². The zero-order valence-electron chi connectivity index (χ0n) is 23.4. The second-order valence-corrected chi connectivity index (χ2v) is 13.9. The first kappa shape index (κ1) is 26.7. The first-order valence-corrected chi connectivity index (χ1v) is 14.0. The van der Waals surface area contributed by atoms with E-state index in [9.17, 15) is 14.4 Å². The molecular weight excluding hydrogens is 440 g/mol. The first-order chi connectivity index (χ1) is 16.2. The van der Waals surface area contributed by atoms with Gasteiger partial charge in [-0.05, 0) is 97.2 Å². The minimum Gasteiger partial charge on any atom is -0.463 e. The lowest BCUT2D eigenvalue weighted by molar-refractivity contribution is -0.209. The fourth-order valence-electron chi connectivity index (χ4n) is 10.5. The van der Waals surface area contributed by atoms with E-state index in [-0.39, 0.29) is 45.4 Å². The maximum absolute atomic E-state index is 12.4. The molecule has 0 aromatic heterocycles. The van der Waals surface area contributed by atoms with E-state index in [1.54, 1.807) is 6.92 Å². The number of fused-ring (bicyclic) bond motifs is 5. The smallest absolute Gasteiger partial charge is 0.374 e.